The smallest absolute Gasteiger partial charge is 0.0616 e. The van der Waals surface area contributed by atoms with Crippen LogP contribution in [0.25, 0.3) is 0 Å². The van der Waals surface area contributed by atoms with Gasteiger partial charge in [-0.25, -0.2) is 0 Å². The zero-order valence-corrected chi connectivity index (χ0v) is 20.3. The molecule has 0 saturated heterocycles. The third-order valence-corrected chi connectivity index (χ3v) is 9.55. The molecule has 0 radical (unpaired) electrons. The van der Waals surface area contributed by atoms with Crippen LogP contribution in [-0.2, 0) is 0 Å². The summed E-state index contributed by atoms with van der Waals surface area (Å²) in [7, 11) is 0. The molecule has 172 valence electrons. The number of hydrogen-bond donors (Lipinski definition) is 3. The SMILES string of the molecule is CC(O)C(C)CCC(C)(C)C1CCC(C(C)(C)C2CC(C)C(O)C(CO)C2)CC1. The van der Waals surface area contributed by atoms with Gasteiger partial charge in [0.1, 0.15) is 0 Å². The molecule has 2 aliphatic rings. The summed E-state index contributed by atoms with van der Waals surface area (Å²) in [6, 6.07) is 0. The summed E-state index contributed by atoms with van der Waals surface area (Å²) >= 11 is 0. The first-order chi connectivity index (χ1) is 13.4. The molecule has 0 aromatic rings. The van der Waals surface area contributed by atoms with Gasteiger partial charge in [0, 0.05) is 12.5 Å². The first-order valence-electron chi connectivity index (χ1n) is 12.4. The van der Waals surface area contributed by atoms with E-state index >= 15 is 0 Å². The number of aliphatic hydroxyl groups is 3. The van der Waals surface area contributed by atoms with Crippen LogP contribution in [0.5, 0.6) is 0 Å². The van der Waals surface area contributed by atoms with Crippen LogP contribution < -0.4 is 0 Å². The van der Waals surface area contributed by atoms with Crippen molar-refractivity contribution in [2.75, 3.05) is 6.61 Å². The van der Waals surface area contributed by atoms with Gasteiger partial charge in [0.25, 0.3) is 0 Å². The van der Waals surface area contributed by atoms with E-state index in [9.17, 15) is 15.3 Å². The van der Waals surface area contributed by atoms with Gasteiger partial charge in [0.15, 0.2) is 0 Å². The molecular formula is C26H50O3. The van der Waals surface area contributed by atoms with Crippen LogP contribution in [0.1, 0.15) is 99.8 Å². The average molecular weight is 411 g/mol. The molecule has 2 saturated carbocycles. The van der Waals surface area contributed by atoms with E-state index in [0.29, 0.717) is 17.3 Å². The second-order valence-electron chi connectivity index (χ2n) is 12.2. The molecule has 0 spiro atoms. The lowest BCUT2D eigenvalue weighted by molar-refractivity contribution is -0.0636. The molecule has 0 aromatic carbocycles. The topological polar surface area (TPSA) is 60.7 Å². The Morgan fingerprint density at radius 2 is 1.45 bits per heavy atom. The summed E-state index contributed by atoms with van der Waals surface area (Å²) < 4.78 is 0. The average Bonchev–Trinajstić information content (AvgIpc) is 2.68. The maximum absolute atomic E-state index is 10.4. The van der Waals surface area contributed by atoms with Gasteiger partial charge < -0.3 is 15.3 Å². The van der Waals surface area contributed by atoms with Gasteiger partial charge >= 0.3 is 0 Å². The van der Waals surface area contributed by atoms with Crippen molar-refractivity contribution in [3.05, 3.63) is 0 Å². The van der Waals surface area contributed by atoms with Crippen LogP contribution in [-0.4, -0.2) is 34.1 Å². The molecule has 0 bridgehead atoms. The normalized spacial score (nSPS) is 36.6. The largest absolute Gasteiger partial charge is 0.396 e. The van der Waals surface area contributed by atoms with E-state index in [1.165, 1.54) is 32.1 Å². The third-order valence-electron chi connectivity index (χ3n) is 9.55. The number of rotatable bonds is 8. The summed E-state index contributed by atoms with van der Waals surface area (Å²) in [5.74, 6) is 2.85. The van der Waals surface area contributed by atoms with Gasteiger partial charge in [0.05, 0.1) is 12.2 Å². The second-order valence-corrected chi connectivity index (χ2v) is 12.2. The van der Waals surface area contributed by atoms with E-state index in [-0.39, 0.29) is 36.1 Å². The molecule has 6 atom stereocenters. The molecule has 0 heterocycles. The predicted octanol–water partition coefficient (Wildman–Crippen LogP) is 5.66. The maximum atomic E-state index is 10.4. The minimum atomic E-state index is -0.340. The third kappa shape index (κ3) is 5.98. The molecule has 29 heavy (non-hydrogen) atoms. The molecule has 2 aliphatic carbocycles. The van der Waals surface area contributed by atoms with Gasteiger partial charge in [-0.15, -0.1) is 0 Å². The van der Waals surface area contributed by atoms with Crippen molar-refractivity contribution in [3.63, 3.8) is 0 Å². The molecule has 0 aromatic heterocycles. The first-order valence-corrected chi connectivity index (χ1v) is 12.4. The summed E-state index contributed by atoms with van der Waals surface area (Å²) in [6.07, 6.45) is 9.08. The molecular weight excluding hydrogens is 360 g/mol. The lowest BCUT2D eigenvalue weighted by Gasteiger charge is -2.50. The van der Waals surface area contributed by atoms with Crippen LogP contribution >= 0.6 is 0 Å². The lowest BCUT2D eigenvalue weighted by Crippen LogP contribution is -2.45. The molecule has 6 unspecified atom stereocenters. The molecule has 3 heteroatoms. The van der Waals surface area contributed by atoms with Gasteiger partial charge in [-0.3, -0.25) is 0 Å². The molecule has 0 aliphatic heterocycles. The van der Waals surface area contributed by atoms with Crippen molar-refractivity contribution in [1.29, 1.82) is 0 Å². The Labute approximate surface area is 180 Å². The highest BCUT2D eigenvalue weighted by molar-refractivity contribution is 4.95. The predicted molar refractivity (Wildman–Crippen MR) is 122 cm³/mol. The Bertz CT molecular complexity index is 490. The van der Waals surface area contributed by atoms with Crippen LogP contribution in [0, 0.1) is 46.3 Å². The second kappa shape index (κ2) is 10.0. The zero-order valence-electron chi connectivity index (χ0n) is 20.3. The Morgan fingerprint density at radius 3 is 1.97 bits per heavy atom. The Kier molecular flexibility index (Phi) is 8.67. The van der Waals surface area contributed by atoms with E-state index < -0.39 is 0 Å². The van der Waals surface area contributed by atoms with E-state index in [2.05, 4.69) is 41.5 Å². The van der Waals surface area contributed by atoms with Crippen molar-refractivity contribution < 1.29 is 15.3 Å². The van der Waals surface area contributed by atoms with Crippen molar-refractivity contribution in [3.8, 4) is 0 Å². The molecule has 3 nitrogen and oxygen atoms in total. The van der Waals surface area contributed by atoms with Crippen LogP contribution in [0.2, 0.25) is 0 Å². The van der Waals surface area contributed by atoms with E-state index in [4.69, 9.17) is 0 Å². The van der Waals surface area contributed by atoms with Gasteiger partial charge in [0.2, 0.25) is 0 Å². The minimum Gasteiger partial charge on any atom is -0.396 e. The standard InChI is InChI=1S/C26H50O3/c1-17(19(3)28)12-13-25(4,5)21-8-10-22(11-9-21)26(6,7)23-14-18(2)24(29)20(15-23)16-27/h17-24,27-29H,8-16H2,1-7H3. The fraction of sp³-hybridized carbons (Fsp3) is 1.00. The first kappa shape index (κ1) is 25.1. The quantitative estimate of drug-likeness (QED) is 0.484. The van der Waals surface area contributed by atoms with Gasteiger partial charge in [-0.05, 0) is 98.7 Å². The molecule has 2 rings (SSSR count). The van der Waals surface area contributed by atoms with Crippen LogP contribution in [0.4, 0.5) is 0 Å². The Morgan fingerprint density at radius 1 is 0.897 bits per heavy atom. The van der Waals surface area contributed by atoms with Crippen molar-refractivity contribution in [1.82, 2.24) is 0 Å². The molecule has 0 amide bonds. The fourth-order valence-electron chi connectivity index (χ4n) is 6.44. The molecule has 3 N–H and O–H groups in total. The van der Waals surface area contributed by atoms with E-state index in [0.717, 1.165) is 31.1 Å². The van der Waals surface area contributed by atoms with E-state index in [1.54, 1.807) is 0 Å². The highest BCUT2D eigenvalue weighted by atomic mass is 16.3. The number of hydrogen-bond acceptors (Lipinski definition) is 3. The zero-order chi connectivity index (χ0) is 22.0. The maximum Gasteiger partial charge on any atom is 0.0616 e. The summed E-state index contributed by atoms with van der Waals surface area (Å²) in [5.41, 5.74) is 0.626. The number of aliphatic hydroxyl groups excluding tert-OH is 3. The summed E-state index contributed by atoms with van der Waals surface area (Å²) in [6.45, 7) is 16.1. The van der Waals surface area contributed by atoms with Crippen LogP contribution in [0.15, 0.2) is 0 Å². The van der Waals surface area contributed by atoms with Crippen molar-refractivity contribution in [2.24, 2.45) is 46.3 Å². The minimum absolute atomic E-state index is 0.0502. The van der Waals surface area contributed by atoms with Crippen molar-refractivity contribution in [2.45, 2.75) is 112 Å². The summed E-state index contributed by atoms with van der Waals surface area (Å²) in [5, 5.41) is 30.0. The van der Waals surface area contributed by atoms with E-state index in [1.807, 2.05) is 6.92 Å². The Balaban J connectivity index is 1.93. The lowest BCUT2D eigenvalue weighted by atomic mass is 9.55. The van der Waals surface area contributed by atoms with Gasteiger partial charge in [-0.2, -0.15) is 0 Å². The fourth-order valence-corrected chi connectivity index (χ4v) is 6.44. The summed E-state index contributed by atoms with van der Waals surface area (Å²) in [4.78, 5) is 0. The molecule has 2 fully saturated rings. The van der Waals surface area contributed by atoms with Crippen LogP contribution in [0.3, 0.4) is 0 Å². The van der Waals surface area contributed by atoms with Gasteiger partial charge in [-0.1, -0.05) is 41.5 Å². The highest BCUT2D eigenvalue weighted by Crippen LogP contribution is 2.53. The Hall–Kier alpha value is -0.120. The highest BCUT2D eigenvalue weighted by Gasteiger charge is 2.45. The van der Waals surface area contributed by atoms with Crippen molar-refractivity contribution >= 4 is 0 Å². The monoisotopic (exact) mass is 410 g/mol.